The second-order valence-corrected chi connectivity index (χ2v) is 5.66. The monoisotopic (exact) mass is 292 g/mol. The summed E-state index contributed by atoms with van der Waals surface area (Å²) in [6.07, 6.45) is 2.03. The first kappa shape index (κ1) is 13.2. The summed E-state index contributed by atoms with van der Waals surface area (Å²) in [7, 11) is 0. The van der Waals surface area contributed by atoms with Crippen LogP contribution < -0.4 is 10.6 Å². The maximum absolute atomic E-state index is 13.9. The minimum Gasteiger partial charge on any atom is -0.389 e. The van der Waals surface area contributed by atoms with Gasteiger partial charge in [-0.2, -0.15) is 0 Å². The van der Waals surface area contributed by atoms with E-state index in [-0.39, 0.29) is 39.9 Å². The summed E-state index contributed by atoms with van der Waals surface area (Å²) >= 11 is 4.85. The normalized spacial score (nSPS) is 25.1. The van der Waals surface area contributed by atoms with Crippen molar-refractivity contribution in [2.75, 3.05) is 4.90 Å². The molecule has 2 aliphatic rings. The number of piperidine rings is 1. The second-order valence-electron chi connectivity index (χ2n) is 5.22. The Bertz CT molecular complexity index is 610. The predicted octanol–water partition coefficient (Wildman–Crippen LogP) is 1.75. The van der Waals surface area contributed by atoms with Gasteiger partial charge in [-0.15, -0.1) is 0 Å². The molecule has 1 aromatic carbocycles. The van der Waals surface area contributed by atoms with Gasteiger partial charge in [0.2, 0.25) is 11.8 Å². The summed E-state index contributed by atoms with van der Waals surface area (Å²) in [5.41, 5.74) is 5.67. The smallest absolute Gasteiger partial charge is 0.236 e. The van der Waals surface area contributed by atoms with E-state index in [1.165, 1.54) is 18.2 Å². The van der Waals surface area contributed by atoms with Gasteiger partial charge in [0.15, 0.2) is 0 Å². The molecule has 1 aliphatic heterocycles. The van der Waals surface area contributed by atoms with Crippen molar-refractivity contribution in [1.29, 1.82) is 0 Å². The fourth-order valence-electron chi connectivity index (χ4n) is 3.08. The molecule has 2 amide bonds. The number of rotatable bonds is 2. The number of amides is 2. The number of carbonyl (C=O) groups is 2. The van der Waals surface area contributed by atoms with Crippen molar-refractivity contribution in [2.45, 2.75) is 19.3 Å². The van der Waals surface area contributed by atoms with Gasteiger partial charge in [-0.1, -0.05) is 18.3 Å². The van der Waals surface area contributed by atoms with Gasteiger partial charge in [0.1, 0.15) is 10.8 Å². The number of anilines is 1. The number of halogens is 1. The second kappa shape index (κ2) is 4.63. The summed E-state index contributed by atoms with van der Waals surface area (Å²) in [6.45, 7) is 0. The van der Waals surface area contributed by atoms with E-state index < -0.39 is 5.82 Å². The Morgan fingerprint density at radius 2 is 1.85 bits per heavy atom. The van der Waals surface area contributed by atoms with Crippen LogP contribution in [0.4, 0.5) is 10.1 Å². The molecule has 6 heteroatoms. The van der Waals surface area contributed by atoms with Gasteiger partial charge >= 0.3 is 0 Å². The lowest BCUT2D eigenvalue weighted by atomic mass is 9.95. The molecule has 1 heterocycles. The van der Waals surface area contributed by atoms with Crippen LogP contribution in [0.15, 0.2) is 18.2 Å². The number of thiocarbonyl (C=S) groups is 1. The third kappa shape index (κ3) is 1.83. The van der Waals surface area contributed by atoms with Crippen molar-refractivity contribution in [1.82, 2.24) is 0 Å². The van der Waals surface area contributed by atoms with Crippen LogP contribution in [0.5, 0.6) is 0 Å². The summed E-state index contributed by atoms with van der Waals surface area (Å²) in [6, 6.07) is 4.17. The number of fused-ring (bicyclic) bond motifs is 2. The van der Waals surface area contributed by atoms with Crippen LogP contribution in [0.2, 0.25) is 0 Å². The fourth-order valence-corrected chi connectivity index (χ4v) is 3.29. The number of hydrogen-bond acceptors (Lipinski definition) is 3. The predicted molar refractivity (Wildman–Crippen MR) is 75.6 cm³/mol. The molecule has 4 nitrogen and oxygen atoms in total. The van der Waals surface area contributed by atoms with Crippen LogP contribution in [-0.2, 0) is 9.59 Å². The minimum absolute atomic E-state index is 0.0366. The maximum Gasteiger partial charge on any atom is 0.236 e. The topological polar surface area (TPSA) is 63.4 Å². The van der Waals surface area contributed by atoms with Gasteiger partial charge in [-0.3, -0.25) is 9.59 Å². The molecule has 2 bridgehead atoms. The minimum atomic E-state index is -0.617. The first-order chi connectivity index (χ1) is 9.50. The molecule has 2 unspecified atom stereocenters. The van der Waals surface area contributed by atoms with Crippen molar-refractivity contribution in [3.8, 4) is 0 Å². The highest BCUT2D eigenvalue weighted by Crippen LogP contribution is 2.41. The highest BCUT2D eigenvalue weighted by molar-refractivity contribution is 7.80. The maximum atomic E-state index is 13.9. The van der Waals surface area contributed by atoms with Gasteiger partial charge in [0.25, 0.3) is 0 Å². The molecule has 0 spiro atoms. The summed E-state index contributed by atoms with van der Waals surface area (Å²) < 4.78 is 13.9. The Balaban J connectivity index is 2.13. The largest absolute Gasteiger partial charge is 0.389 e. The average molecular weight is 292 g/mol. The van der Waals surface area contributed by atoms with E-state index >= 15 is 0 Å². The zero-order chi connectivity index (χ0) is 14.4. The number of nitrogens with zero attached hydrogens (tertiary/aromatic N) is 1. The lowest BCUT2D eigenvalue weighted by molar-refractivity contribution is -0.132. The van der Waals surface area contributed by atoms with Crippen LogP contribution in [0.3, 0.4) is 0 Å². The highest BCUT2D eigenvalue weighted by atomic mass is 32.1. The molecule has 3 rings (SSSR count). The summed E-state index contributed by atoms with van der Waals surface area (Å²) in [5.74, 6) is -1.47. The van der Waals surface area contributed by atoms with Gasteiger partial charge < -0.3 is 5.73 Å². The van der Waals surface area contributed by atoms with Crippen molar-refractivity contribution >= 4 is 34.7 Å². The molecule has 2 fully saturated rings. The SMILES string of the molecule is NC(=S)c1c(F)cccc1N1C(=O)C2CCC(C2)C1=O. The molecule has 20 heavy (non-hydrogen) atoms. The number of imide groups is 1. The lowest BCUT2D eigenvalue weighted by Gasteiger charge is -2.31. The number of hydrogen-bond donors (Lipinski definition) is 1. The Morgan fingerprint density at radius 1 is 1.25 bits per heavy atom. The molecule has 0 aromatic heterocycles. The van der Waals surface area contributed by atoms with E-state index in [0.717, 1.165) is 4.90 Å². The first-order valence-electron chi connectivity index (χ1n) is 6.47. The lowest BCUT2D eigenvalue weighted by Crippen LogP contribution is -2.47. The van der Waals surface area contributed by atoms with E-state index in [1.54, 1.807) is 0 Å². The van der Waals surface area contributed by atoms with Crippen molar-refractivity contribution in [3.63, 3.8) is 0 Å². The molecule has 2 N–H and O–H groups in total. The molecule has 1 aromatic rings. The summed E-state index contributed by atoms with van der Waals surface area (Å²) in [4.78, 5) is 25.7. The Hall–Kier alpha value is -1.82. The summed E-state index contributed by atoms with van der Waals surface area (Å²) in [5, 5.41) is 0. The van der Waals surface area contributed by atoms with Gasteiger partial charge in [-0.05, 0) is 31.4 Å². The van der Waals surface area contributed by atoms with E-state index in [1.807, 2.05) is 0 Å². The fraction of sp³-hybridized carbons (Fsp3) is 0.357. The first-order valence-corrected chi connectivity index (χ1v) is 6.87. The molecule has 1 saturated carbocycles. The van der Waals surface area contributed by atoms with Gasteiger partial charge in [0.05, 0.1) is 11.3 Å². The molecule has 2 atom stereocenters. The van der Waals surface area contributed by atoms with Crippen LogP contribution >= 0.6 is 12.2 Å². The van der Waals surface area contributed by atoms with Crippen LogP contribution in [-0.4, -0.2) is 16.8 Å². The Morgan fingerprint density at radius 3 is 2.40 bits per heavy atom. The number of carbonyl (C=O) groups excluding carboxylic acids is 2. The third-order valence-corrected chi connectivity index (χ3v) is 4.25. The van der Waals surface area contributed by atoms with Gasteiger partial charge in [-0.25, -0.2) is 9.29 Å². The third-order valence-electron chi connectivity index (χ3n) is 4.05. The van der Waals surface area contributed by atoms with E-state index in [4.69, 9.17) is 18.0 Å². The standard InChI is InChI=1S/C14H13FN2O2S/c15-9-2-1-3-10(11(9)12(16)20)17-13(18)7-4-5-8(6-7)14(17)19/h1-3,7-8H,4-6H2,(H2,16,20). The van der Waals surface area contributed by atoms with Crippen molar-refractivity contribution < 1.29 is 14.0 Å². The Labute approximate surface area is 120 Å². The molecular weight excluding hydrogens is 279 g/mol. The van der Waals surface area contributed by atoms with Gasteiger partial charge in [0, 0.05) is 11.8 Å². The van der Waals surface area contributed by atoms with E-state index in [0.29, 0.717) is 19.3 Å². The number of benzene rings is 1. The molecular formula is C14H13FN2O2S. The van der Waals surface area contributed by atoms with Crippen LogP contribution in [0, 0.1) is 17.7 Å². The zero-order valence-corrected chi connectivity index (χ0v) is 11.5. The zero-order valence-electron chi connectivity index (χ0n) is 10.6. The van der Waals surface area contributed by atoms with E-state index in [9.17, 15) is 14.0 Å². The molecule has 1 saturated heterocycles. The molecule has 0 radical (unpaired) electrons. The average Bonchev–Trinajstić information content (AvgIpc) is 2.83. The number of nitrogens with two attached hydrogens (primary N) is 1. The van der Waals surface area contributed by atoms with Crippen molar-refractivity contribution in [2.24, 2.45) is 17.6 Å². The highest BCUT2D eigenvalue weighted by Gasteiger charge is 2.46. The molecule has 104 valence electrons. The Kier molecular flexibility index (Phi) is 3.05. The van der Waals surface area contributed by atoms with Crippen LogP contribution in [0.1, 0.15) is 24.8 Å². The molecule has 1 aliphatic carbocycles. The van der Waals surface area contributed by atoms with Crippen LogP contribution in [0.25, 0.3) is 0 Å². The quantitative estimate of drug-likeness (QED) is 0.666. The van der Waals surface area contributed by atoms with E-state index in [2.05, 4.69) is 0 Å². The van der Waals surface area contributed by atoms with Crippen molar-refractivity contribution in [3.05, 3.63) is 29.6 Å².